The maximum atomic E-state index is 11.7. The predicted molar refractivity (Wildman–Crippen MR) is 68.9 cm³/mol. The van der Waals surface area contributed by atoms with Crippen molar-refractivity contribution < 1.29 is 9.53 Å². The van der Waals surface area contributed by atoms with Gasteiger partial charge in [0.05, 0.1) is 18.4 Å². The lowest BCUT2D eigenvalue weighted by atomic mass is 10.0. The Morgan fingerprint density at radius 3 is 2.89 bits per heavy atom. The average molecular weight is 262 g/mol. The van der Waals surface area contributed by atoms with Gasteiger partial charge in [0.25, 0.3) is 0 Å². The van der Waals surface area contributed by atoms with Crippen LogP contribution in [0, 0.1) is 0 Å². The van der Waals surface area contributed by atoms with E-state index in [1.807, 2.05) is 0 Å². The molecule has 0 bridgehead atoms. The first kappa shape index (κ1) is 12.3. The highest BCUT2D eigenvalue weighted by atomic mass is 16.5. The van der Waals surface area contributed by atoms with Gasteiger partial charge in [-0.25, -0.2) is 9.97 Å². The van der Waals surface area contributed by atoms with Gasteiger partial charge in [0.1, 0.15) is 6.33 Å². The molecular weight excluding hydrogens is 244 g/mol. The van der Waals surface area contributed by atoms with Gasteiger partial charge < -0.3 is 15.4 Å². The van der Waals surface area contributed by atoms with Crippen molar-refractivity contribution >= 4 is 5.91 Å². The Balaban J connectivity index is 1.98. The van der Waals surface area contributed by atoms with Gasteiger partial charge in [-0.3, -0.25) is 4.79 Å². The Hall–Kier alpha value is -1.69. The number of hydrogen-bond donors (Lipinski definition) is 2. The molecule has 1 saturated heterocycles. The molecule has 1 aliphatic carbocycles. The van der Waals surface area contributed by atoms with Crippen molar-refractivity contribution in [2.24, 2.45) is 0 Å². The Morgan fingerprint density at radius 1 is 1.32 bits per heavy atom. The third-order valence-electron chi connectivity index (χ3n) is 3.61. The molecule has 1 aromatic heterocycles. The van der Waals surface area contributed by atoms with Crippen molar-refractivity contribution in [2.75, 3.05) is 20.2 Å². The summed E-state index contributed by atoms with van der Waals surface area (Å²) in [6, 6.07) is -0.0609. The summed E-state index contributed by atoms with van der Waals surface area (Å²) in [6.07, 6.45) is 4.27. The molecule has 1 amide bonds. The molecule has 1 aliphatic heterocycles. The second kappa shape index (κ2) is 5.13. The van der Waals surface area contributed by atoms with Crippen molar-refractivity contribution in [1.82, 2.24) is 20.6 Å². The second-order valence-electron chi connectivity index (χ2n) is 5.02. The van der Waals surface area contributed by atoms with E-state index in [1.165, 1.54) is 0 Å². The van der Waals surface area contributed by atoms with Gasteiger partial charge in [-0.05, 0) is 12.8 Å². The maximum absolute atomic E-state index is 11.7. The summed E-state index contributed by atoms with van der Waals surface area (Å²) in [4.78, 5) is 20.3. The molecule has 2 heterocycles. The lowest BCUT2D eigenvalue weighted by Crippen LogP contribution is -2.25. The van der Waals surface area contributed by atoms with Crippen LogP contribution in [0.5, 0.6) is 5.88 Å². The van der Waals surface area contributed by atoms with E-state index in [0.717, 1.165) is 30.6 Å². The Labute approximate surface area is 112 Å². The summed E-state index contributed by atoms with van der Waals surface area (Å²) in [5.41, 5.74) is 2.00. The monoisotopic (exact) mass is 262 g/mol. The number of nitrogens with zero attached hydrogens (tertiary/aromatic N) is 2. The predicted octanol–water partition coefficient (Wildman–Crippen LogP) is 0.513. The highest BCUT2D eigenvalue weighted by Crippen LogP contribution is 2.44. The fraction of sp³-hybridized carbons (Fsp3) is 0.615. The van der Waals surface area contributed by atoms with Gasteiger partial charge in [0.2, 0.25) is 11.8 Å². The molecule has 2 fully saturated rings. The number of amides is 1. The topological polar surface area (TPSA) is 76.1 Å². The molecule has 1 saturated carbocycles. The summed E-state index contributed by atoms with van der Waals surface area (Å²) >= 11 is 0. The van der Waals surface area contributed by atoms with Crippen LogP contribution in [-0.2, 0) is 4.79 Å². The molecule has 102 valence electrons. The summed E-state index contributed by atoms with van der Waals surface area (Å²) in [5.74, 6) is 1.15. The van der Waals surface area contributed by atoms with Crippen LogP contribution in [0.15, 0.2) is 6.33 Å². The number of rotatable bonds is 3. The van der Waals surface area contributed by atoms with E-state index in [4.69, 9.17) is 4.74 Å². The lowest BCUT2D eigenvalue weighted by Gasteiger charge is -2.20. The average Bonchev–Trinajstić information content (AvgIpc) is 3.25. The number of hydrogen-bond acceptors (Lipinski definition) is 5. The fourth-order valence-electron chi connectivity index (χ4n) is 2.55. The molecule has 1 aromatic rings. The molecule has 0 aromatic carbocycles. The largest absolute Gasteiger partial charge is 0.481 e. The minimum Gasteiger partial charge on any atom is -0.481 e. The van der Waals surface area contributed by atoms with Crippen LogP contribution < -0.4 is 15.4 Å². The van der Waals surface area contributed by atoms with Crippen molar-refractivity contribution in [1.29, 1.82) is 0 Å². The molecule has 1 atom stereocenters. The summed E-state index contributed by atoms with van der Waals surface area (Å²) in [5, 5.41) is 6.25. The van der Waals surface area contributed by atoms with Crippen molar-refractivity contribution in [3.05, 3.63) is 17.6 Å². The molecule has 0 radical (unpaired) electrons. The van der Waals surface area contributed by atoms with E-state index in [2.05, 4.69) is 20.6 Å². The number of methoxy groups -OCH3 is 1. The lowest BCUT2D eigenvalue weighted by molar-refractivity contribution is -0.121. The van der Waals surface area contributed by atoms with Crippen LogP contribution in [-0.4, -0.2) is 36.1 Å². The standard InChI is InChI=1S/C13H18N4O2/c1-19-13-11(9-6-10(18)15-5-4-14-9)12(8-2-3-8)16-7-17-13/h7-9,14H,2-6H2,1H3,(H,15,18). The molecule has 0 spiro atoms. The zero-order chi connectivity index (χ0) is 13.2. The van der Waals surface area contributed by atoms with Gasteiger partial charge in [-0.1, -0.05) is 0 Å². The van der Waals surface area contributed by atoms with E-state index >= 15 is 0 Å². The summed E-state index contributed by atoms with van der Waals surface area (Å²) in [6.45, 7) is 1.41. The normalized spacial score (nSPS) is 23.6. The number of ether oxygens (including phenoxy) is 1. The van der Waals surface area contributed by atoms with Gasteiger partial charge >= 0.3 is 0 Å². The van der Waals surface area contributed by atoms with Crippen LogP contribution in [0.1, 0.15) is 42.5 Å². The van der Waals surface area contributed by atoms with Gasteiger partial charge in [-0.2, -0.15) is 0 Å². The minimum atomic E-state index is -0.0609. The van der Waals surface area contributed by atoms with Crippen LogP contribution in [0.2, 0.25) is 0 Å². The number of carbonyl (C=O) groups excluding carboxylic acids is 1. The molecular formula is C13H18N4O2. The second-order valence-corrected chi connectivity index (χ2v) is 5.02. The van der Waals surface area contributed by atoms with Crippen LogP contribution in [0.4, 0.5) is 0 Å². The molecule has 6 heteroatoms. The molecule has 3 rings (SSSR count). The number of aromatic nitrogens is 2. The summed E-state index contributed by atoms with van der Waals surface area (Å²) in [7, 11) is 1.61. The van der Waals surface area contributed by atoms with E-state index in [1.54, 1.807) is 13.4 Å². The van der Waals surface area contributed by atoms with Crippen molar-refractivity contribution in [3.63, 3.8) is 0 Å². The van der Waals surface area contributed by atoms with Crippen molar-refractivity contribution in [2.45, 2.75) is 31.2 Å². The molecule has 2 N–H and O–H groups in total. The van der Waals surface area contributed by atoms with E-state index < -0.39 is 0 Å². The van der Waals surface area contributed by atoms with E-state index in [9.17, 15) is 4.79 Å². The highest BCUT2D eigenvalue weighted by molar-refractivity contribution is 5.77. The Morgan fingerprint density at radius 2 is 2.16 bits per heavy atom. The minimum absolute atomic E-state index is 0.0580. The smallest absolute Gasteiger partial charge is 0.221 e. The number of carbonyl (C=O) groups is 1. The fourth-order valence-corrected chi connectivity index (χ4v) is 2.55. The zero-order valence-corrected chi connectivity index (χ0v) is 11.0. The van der Waals surface area contributed by atoms with Gasteiger partial charge in [-0.15, -0.1) is 0 Å². The third kappa shape index (κ3) is 2.53. The first-order valence-electron chi connectivity index (χ1n) is 6.68. The first-order chi connectivity index (χ1) is 9.29. The molecule has 19 heavy (non-hydrogen) atoms. The molecule has 2 aliphatic rings. The summed E-state index contributed by atoms with van der Waals surface area (Å²) < 4.78 is 5.37. The van der Waals surface area contributed by atoms with Gasteiger partial charge in [0, 0.05) is 31.5 Å². The zero-order valence-electron chi connectivity index (χ0n) is 11.0. The third-order valence-corrected chi connectivity index (χ3v) is 3.61. The van der Waals surface area contributed by atoms with Gasteiger partial charge in [0.15, 0.2) is 0 Å². The maximum Gasteiger partial charge on any atom is 0.221 e. The van der Waals surface area contributed by atoms with Crippen LogP contribution in [0.25, 0.3) is 0 Å². The highest BCUT2D eigenvalue weighted by Gasteiger charge is 2.33. The first-order valence-corrected chi connectivity index (χ1v) is 6.68. The quantitative estimate of drug-likeness (QED) is 0.830. The number of nitrogens with one attached hydrogen (secondary N) is 2. The van der Waals surface area contributed by atoms with Crippen molar-refractivity contribution in [3.8, 4) is 5.88 Å². The molecule has 1 unspecified atom stereocenters. The van der Waals surface area contributed by atoms with Crippen LogP contribution in [0.3, 0.4) is 0 Å². The Kier molecular flexibility index (Phi) is 3.33. The molecule has 6 nitrogen and oxygen atoms in total. The van der Waals surface area contributed by atoms with Crippen LogP contribution >= 0.6 is 0 Å². The Bertz CT molecular complexity index is 488. The van der Waals surface area contributed by atoms with E-state index in [0.29, 0.717) is 24.8 Å². The van der Waals surface area contributed by atoms with E-state index in [-0.39, 0.29) is 11.9 Å². The SMILES string of the molecule is COc1ncnc(C2CC2)c1C1CC(=O)NCCN1.